The van der Waals surface area contributed by atoms with Crippen LogP contribution in [0.25, 0.3) is 4.85 Å². The normalized spacial score (nSPS) is 16.9. The molecule has 31 heavy (non-hydrogen) atoms. The number of carbonyl (C=O) groups is 1. The van der Waals surface area contributed by atoms with E-state index in [9.17, 15) is 10.1 Å². The average Bonchev–Trinajstić information content (AvgIpc) is 2.81. The number of primary amides is 1. The maximum absolute atomic E-state index is 12.3. The van der Waals surface area contributed by atoms with Crippen molar-refractivity contribution in [2.45, 2.75) is 42.5 Å². The number of nitrogens with two attached hydrogens (primary N) is 1. The van der Waals surface area contributed by atoms with E-state index in [4.69, 9.17) is 17.3 Å². The molecule has 0 spiro atoms. The second-order valence-corrected chi connectivity index (χ2v) is 8.50. The Bertz CT molecular complexity index is 1030. The molecule has 3 N–H and O–H groups in total. The van der Waals surface area contributed by atoms with Gasteiger partial charge in [-0.25, -0.2) is 9.83 Å². The van der Waals surface area contributed by atoms with E-state index in [-0.39, 0.29) is 0 Å². The zero-order chi connectivity index (χ0) is 22.4. The molecule has 1 aromatic carbocycles. The van der Waals surface area contributed by atoms with E-state index in [1.54, 1.807) is 0 Å². The lowest BCUT2D eigenvalue weighted by Gasteiger charge is -2.35. The summed E-state index contributed by atoms with van der Waals surface area (Å²) in [5, 5.41) is 13.0. The number of likely N-dealkylation sites (N-methyl/N-ethyl adjacent to an activating group) is 1. The Balaban J connectivity index is 2.12. The van der Waals surface area contributed by atoms with Gasteiger partial charge in [0.1, 0.15) is 22.2 Å². The highest BCUT2D eigenvalue weighted by molar-refractivity contribution is 8.00. The minimum Gasteiger partial charge on any atom is -0.368 e. The van der Waals surface area contributed by atoms with Gasteiger partial charge in [0.25, 0.3) is 0 Å². The highest BCUT2D eigenvalue weighted by Gasteiger charge is 2.29. The maximum Gasteiger partial charge on any atom is 0.235 e. The van der Waals surface area contributed by atoms with E-state index in [1.165, 1.54) is 11.8 Å². The number of piperidine rings is 1. The third kappa shape index (κ3) is 4.82. The first kappa shape index (κ1) is 22.6. The minimum absolute atomic E-state index is 0.314. The molecule has 0 aliphatic carbocycles. The van der Waals surface area contributed by atoms with Gasteiger partial charge in [0, 0.05) is 19.1 Å². The Morgan fingerprint density at radius 3 is 2.81 bits per heavy atom. The molecule has 1 fully saturated rings. The zero-order valence-corrected chi connectivity index (χ0v) is 18.6. The number of nitriles is 1. The summed E-state index contributed by atoms with van der Waals surface area (Å²) in [6, 6.07) is 11.8. The second kappa shape index (κ2) is 10.3. The first-order valence-corrected chi connectivity index (χ1v) is 11.2. The number of amides is 1. The molecule has 0 saturated carbocycles. The molecule has 2 atom stereocenters. The average molecular weight is 435 g/mol. The Morgan fingerprint density at radius 1 is 1.48 bits per heavy atom. The van der Waals surface area contributed by atoms with Gasteiger partial charge in [-0.05, 0) is 37.4 Å². The number of pyridine rings is 1. The molecule has 1 unspecified atom stereocenters. The molecule has 0 bridgehead atoms. The van der Waals surface area contributed by atoms with Crippen molar-refractivity contribution < 1.29 is 4.79 Å². The van der Waals surface area contributed by atoms with Gasteiger partial charge >= 0.3 is 0 Å². The van der Waals surface area contributed by atoms with Crippen LogP contribution in [-0.2, 0) is 11.2 Å². The molecule has 1 aliphatic heterocycles. The molecule has 160 valence electrons. The van der Waals surface area contributed by atoms with E-state index in [1.807, 2.05) is 44.3 Å². The van der Waals surface area contributed by atoms with Gasteiger partial charge in [0.05, 0.1) is 12.1 Å². The molecular formula is C23H26N6OS. The van der Waals surface area contributed by atoms with Crippen molar-refractivity contribution in [3.05, 3.63) is 58.4 Å². The molecule has 3 rings (SSSR count). The summed E-state index contributed by atoms with van der Waals surface area (Å²) in [7, 11) is 1.94. The lowest BCUT2D eigenvalue weighted by molar-refractivity contribution is -0.117. The minimum atomic E-state index is -0.677. The van der Waals surface area contributed by atoms with Crippen molar-refractivity contribution in [1.82, 2.24) is 10.3 Å². The predicted octanol–water partition coefficient (Wildman–Crippen LogP) is 3.57. The molecule has 1 amide bonds. The number of aromatic nitrogens is 1. The number of nitrogens with one attached hydrogen (secondary N) is 1. The van der Waals surface area contributed by atoms with Crippen LogP contribution in [0.1, 0.15) is 41.7 Å². The molecule has 2 aromatic rings. The fraction of sp³-hybridized carbons (Fsp3) is 0.391. The smallest absolute Gasteiger partial charge is 0.235 e. The third-order valence-electron chi connectivity index (χ3n) is 5.52. The van der Waals surface area contributed by atoms with Gasteiger partial charge < -0.3 is 16.0 Å². The Morgan fingerprint density at radius 2 is 2.23 bits per heavy atom. The Hall–Kier alpha value is -3.07. The highest BCUT2D eigenvalue weighted by Crippen LogP contribution is 2.42. The van der Waals surface area contributed by atoms with Crippen LogP contribution in [0.5, 0.6) is 0 Å². The standard InChI is InChI=1S/C23H26N6OS/c1-4-17-18(13-24)23(31-20(21(25)30)15-9-6-5-7-10-15)28-22(19(17)27-3)29-12-8-11-16(14-29)26-2/h5-7,9-10,16,20,26H,4,8,11-12,14H2,1-2H3,(H2,25,30)/t16-,20?/m0/s1. The van der Waals surface area contributed by atoms with E-state index >= 15 is 0 Å². The van der Waals surface area contributed by atoms with Gasteiger partial charge in [-0.3, -0.25) is 4.79 Å². The van der Waals surface area contributed by atoms with Crippen LogP contribution in [0.4, 0.5) is 11.5 Å². The molecule has 8 heteroatoms. The monoisotopic (exact) mass is 434 g/mol. The van der Waals surface area contributed by atoms with Crippen molar-refractivity contribution in [1.29, 1.82) is 5.26 Å². The largest absolute Gasteiger partial charge is 0.368 e. The van der Waals surface area contributed by atoms with E-state index < -0.39 is 11.2 Å². The number of hydrogen-bond acceptors (Lipinski definition) is 6. The number of carbonyl (C=O) groups excluding carboxylic acids is 1. The number of nitrogens with zero attached hydrogens (tertiary/aromatic N) is 4. The van der Waals surface area contributed by atoms with Crippen LogP contribution in [0.3, 0.4) is 0 Å². The summed E-state index contributed by atoms with van der Waals surface area (Å²) < 4.78 is 0. The summed E-state index contributed by atoms with van der Waals surface area (Å²) in [5.41, 5.74) is 7.93. The molecule has 1 aromatic heterocycles. The molecule has 1 aliphatic rings. The predicted molar refractivity (Wildman–Crippen MR) is 123 cm³/mol. The summed E-state index contributed by atoms with van der Waals surface area (Å²) in [6.07, 6.45) is 2.58. The SMILES string of the molecule is [C-]#[N+]c1c(N2CCC[C@H](NC)C2)nc(SC(C(N)=O)c2ccccc2)c(C#N)c1CC. The quantitative estimate of drug-likeness (QED) is 0.510. The number of rotatable bonds is 7. The van der Waals surface area contributed by atoms with Crippen molar-refractivity contribution >= 4 is 29.2 Å². The number of hydrogen-bond donors (Lipinski definition) is 2. The van der Waals surface area contributed by atoms with Crippen molar-refractivity contribution in [2.24, 2.45) is 5.73 Å². The number of thioether (sulfide) groups is 1. The van der Waals surface area contributed by atoms with Crippen LogP contribution < -0.4 is 16.0 Å². The first-order valence-electron chi connectivity index (χ1n) is 10.3. The lowest BCUT2D eigenvalue weighted by Crippen LogP contribution is -2.44. The van der Waals surface area contributed by atoms with E-state index in [0.29, 0.717) is 40.1 Å². The summed E-state index contributed by atoms with van der Waals surface area (Å²) in [6.45, 7) is 11.2. The molecular weight excluding hydrogens is 408 g/mol. The Labute approximate surface area is 187 Å². The van der Waals surface area contributed by atoms with E-state index in [0.717, 1.165) is 31.5 Å². The van der Waals surface area contributed by atoms with Crippen LogP contribution in [-0.4, -0.2) is 37.1 Å². The maximum atomic E-state index is 12.3. The highest BCUT2D eigenvalue weighted by atomic mass is 32.2. The van der Waals surface area contributed by atoms with Gasteiger partial charge in [-0.15, -0.1) is 0 Å². The second-order valence-electron chi connectivity index (χ2n) is 7.40. The summed E-state index contributed by atoms with van der Waals surface area (Å²) >= 11 is 1.18. The van der Waals surface area contributed by atoms with Crippen LogP contribution in [0.2, 0.25) is 0 Å². The van der Waals surface area contributed by atoms with Crippen LogP contribution in [0, 0.1) is 17.9 Å². The van der Waals surface area contributed by atoms with Gasteiger partial charge in [-0.1, -0.05) is 49.0 Å². The molecule has 1 saturated heterocycles. The molecule has 7 nitrogen and oxygen atoms in total. The number of anilines is 1. The Kier molecular flexibility index (Phi) is 7.51. The molecule has 2 heterocycles. The van der Waals surface area contributed by atoms with Crippen LogP contribution >= 0.6 is 11.8 Å². The van der Waals surface area contributed by atoms with Crippen molar-refractivity contribution in [3.8, 4) is 6.07 Å². The van der Waals surface area contributed by atoms with Crippen LogP contribution in [0.15, 0.2) is 35.4 Å². The van der Waals surface area contributed by atoms with Crippen molar-refractivity contribution in [2.75, 3.05) is 25.0 Å². The van der Waals surface area contributed by atoms with Gasteiger partial charge in [0.15, 0.2) is 0 Å². The van der Waals surface area contributed by atoms with Gasteiger partial charge in [-0.2, -0.15) is 5.26 Å². The molecule has 0 radical (unpaired) electrons. The zero-order valence-electron chi connectivity index (χ0n) is 17.8. The third-order valence-corrected chi connectivity index (χ3v) is 6.78. The topological polar surface area (TPSA) is 99.4 Å². The van der Waals surface area contributed by atoms with Crippen molar-refractivity contribution in [3.63, 3.8) is 0 Å². The van der Waals surface area contributed by atoms with E-state index in [2.05, 4.69) is 21.1 Å². The fourth-order valence-electron chi connectivity index (χ4n) is 3.91. The van der Waals surface area contributed by atoms with Gasteiger partial charge in [0.2, 0.25) is 11.6 Å². The summed E-state index contributed by atoms with van der Waals surface area (Å²) in [4.78, 5) is 22.9. The first-order chi connectivity index (χ1) is 15.0. The number of benzene rings is 1. The summed E-state index contributed by atoms with van der Waals surface area (Å²) in [5.74, 6) is 0.0912. The fourth-order valence-corrected chi connectivity index (χ4v) is 4.96. The lowest BCUT2D eigenvalue weighted by atomic mass is 10.0.